The number of carbonyl (C=O) groups is 1. The number of nitrogens with one attached hydrogen (secondary N) is 1. The van der Waals surface area contributed by atoms with E-state index in [4.69, 9.17) is 32.5 Å². The van der Waals surface area contributed by atoms with Gasteiger partial charge in [0.2, 0.25) is 5.91 Å². The van der Waals surface area contributed by atoms with Crippen molar-refractivity contribution in [2.45, 2.75) is 18.9 Å². The summed E-state index contributed by atoms with van der Waals surface area (Å²) in [6.45, 7) is 1.44. The smallest absolute Gasteiger partial charge is 0.280 e. The van der Waals surface area contributed by atoms with Crippen molar-refractivity contribution in [1.82, 2.24) is 10.1 Å². The fourth-order valence-corrected chi connectivity index (χ4v) is 2.93. The Labute approximate surface area is 148 Å². The van der Waals surface area contributed by atoms with Gasteiger partial charge in [-0.3, -0.25) is 9.59 Å². The van der Waals surface area contributed by atoms with Crippen LogP contribution in [-0.4, -0.2) is 35.7 Å². The molecule has 1 aromatic heterocycles. The molecule has 3 rings (SSSR count). The minimum atomic E-state index is -0.302. The summed E-state index contributed by atoms with van der Waals surface area (Å²) in [7, 11) is 0. The Hall–Kier alpha value is -1.76. The van der Waals surface area contributed by atoms with Gasteiger partial charge in [-0.2, -0.15) is 5.16 Å². The number of aromatic amines is 1. The first-order chi connectivity index (χ1) is 11.5. The minimum Gasteiger partial charge on any atom is -0.384 e. The number of aromatic nitrogens is 1. The lowest BCUT2D eigenvalue weighted by Gasteiger charge is -2.33. The van der Waals surface area contributed by atoms with Crippen LogP contribution in [0.1, 0.15) is 23.8 Å². The lowest BCUT2D eigenvalue weighted by molar-refractivity contribution is -0.139. The maximum Gasteiger partial charge on any atom is 0.280 e. The predicted octanol–water partition coefficient (Wildman–Crippen LogP) is 2.81. The van der Waals surface area contributed by atoms with Crippen molar-refractivity contribution >= 4 is 29.1 Å². The number of halogens is 2. The topological polar surface area (TPSA) is 75.5 Å². The maximum atomic E-state index is 12.4. The van der Waals surface area contributed by atoms with E-state index in [1.807, 2.05) is 6.07 Å². The Bertz CT molecular complexity index is 786. The van der Waals surface area contributed by atoms with Gasteiger partial charge in [-0.15, -0.1) is 0 Å². The lowest BCUT2D eigenvalue weighted by atomic mass is 10.1. The first-order valence-corrected chi connectivity index (χ1v) is 8.30. The number of rotatable bonds is 4. The Morgan fingerprint density at radius 1 is 1.29 bits per heavy atom. The van der Waals surface area contributed by atoms with E-state index >= 15 is 0 Å². The van der Waals surface area contributed by atoms with E-state index in [1.165, 1.54) is 6.07 Å². The van der Waals surface area contributed by atoms with Crippen LogP contribution in [0.2, 0.25) is 10.0 Å². The fraction of sp³-hybridized carbons (Fsp3) is 0.375. The third-order valence-corrected chi connectivity index (χ3v) is 4.63. The molecular formula is C16H16Cl2N2O4. The van der Waals surface area contributed by atoms with Crippen molar-refractivity contribution in [3.8, 4) is 0 Å². The maximum absolute atomic E-state index is 12.4. The van der Waals surface area contributed by atoms with E-state index in [0.717, 1.165) is 5.56 Å². The van der Waals surface area contributed by atoms with Crippen LogP contribution in [0.4, 0.5) is 0 Å². The number of H-pyrrole nitrogens is 1. The molecule has 8 heteroatoms. The van der Waals surface area contributed by atoms with E-state index in [-0.39, 0.29) is 24.0 Å². The van der Waals surface area contributed by atoms with Crippen LogP contribution in [0.15, 0.2) is 33.6 Å². The Kier molecular flexibility index (Phi) is 5.28. The molecule has 1 unspecified atom stereocenters. The van der Waals surface area contributed by atoms with Crippen molar-refractivity contribution in [1.29, 1.82) is 0 Å². The Morgan fingerprint density at radius 3 is 2.83 bits per heavy atom. The van der Waals surface area contributed by atoms with Gasteiger partial charge in [-0.1, -0.05) is 29.3 Å². The number of hydrogen-bond acceptors (Lipinski definition) is 4. The van der Waals surface area contributed by atoms with Crippen LogP contribution in [0.5, 0.6) is 0 Å². The largest absolute Gasteiger partial charge is 0.384 e. The molecule has 0 saturated carbocycles. The highest BCUT2D eigenvalue weighted by Crippen LogP contribution is 2.29. The van der Waals surface area contributed by atoms with Gasteiger partial charge in [-0.05, 0) is 17.7 Å². The molecule has 1 amide bonds. The second-order valence-electron chi connectivity index (χ2n) is 5.55. The first-order valence-electron chi connectivity index (χ1n) is 7.54. The van der Waals surface area contributed by atoms with Gasteiger partial charge in [-0.25, -0.2) is 0 Å². The summed E-state index contributed by atoms with van der Waals surface area (Å²) >= 11 is 12.0. The van der Waals surface area contributed by atoms with Crippen LogP contribution in [0.25, 0.3) is 0 Å². The van der Waals surface area contributed by atoms with E-state index in [1.54, 1.807) is 17.0 Å². The normalized spacial score (nSPS) is 17.9. The number of carbonyl (C=O) groups excluding carboxylic acids is 1. The van der Waals surface area contributed by atoms with Gasteiger partial charge < -0.3 is 14.2 Å². The Morgan fingerprint density at radius 2 is 2.12 bits per heavy atom. The van der Waals surface area contributed by atoms with Gasteiger partial charge in [0, 0.05) is 25.5 Å². The molecule has 1 saturated heterocycles. The zero-order chi connectivity index (χ0) is 17.1. The molecule has 1 aliphatic heterocycles. The Balaban J connectivity index is 1.60. The van der Waals surface area contributed by atoms with Gasteiger partial charge in [0.1, 0.15) is 11.9 Å². The summed E-state index contributed by atoms with van der Waals surface area (Å²) in [5.74, 6) is 0.467. The van der Waals surface area contributed by atoms with Gasteiger partial charge in [0.25, 0.3) is 5.56 Å². The van der Waals surface area contributed by atoms with Crippen molar-refractivity contribution in [2.75, 3.05) is 19.7 Å². The van der Waals surface area contributed by atoms with E-state index in [9.17, 15) is 9.59 Å². The number of aryl methyl sites for hydroxylation is 1. The third-order valence-electron chi connectivity index (χ3n) is 3.89. The van der Waals surface area contributed by atoms with Crippen LogP contribution in [-0.2, 0) is 16.0 Å². The zero-order valence-corrected chi connectivity index (χ0v) is 14.3. The van der Waals surface area contributed by atoms with Gasteiger partial charge in [0.15, 0.2) is 0 Å². The van der Waals surface area contributed by atoms with Crippen molar-refractivity contribution < 1.29 is 14.1 Å². The highest BCUT2D eigenvalue weighted by molar-refractivity contribution is 6.42. The molecule has 1 aliphatic rings. The molecule has 2 heterocycles. The highest BCUT2D eigenvalue weighted by Gasteiger charge is 2.25. The zero-order valence-electron chi connectivity index (χ0n) is 12.8. The standard InChI is InChI=1S/C16H16Cl2N2O4/c17-12-3-1-10(7-13(12)18)14-9-20(5-6-23-14)16(22)4-2-11-8-15(21)19-24-11/h1,3,7-8,14H,2,4-6,9H2,(H,19,21). The minimum absolute atomic E-state index is 0.00721. The summed E-state index contributed by atoms with van der Waals surface area (Å²) in [5.41, 5.74) is 0.585. The average Bonchev–Trinajstić information content (AvgIpc) is 3.00. The molecule has 6 nitrogen and oxygen atoms in total. The summed E-state index contributed by atoms with van der Waals surface area (Å²) in [6.07, 6.45) is 0.420. The van der Waals surface area contributed by atoms with E-state index < -0.39 is 0 Å². The van der Waals surface area contributed by atoms with Crippen LogP contribution < -0.4 is 5.56 Å². The molecule has 0 bridgehead atoms. The fourth-order valence-electron chi connectivity index (χ4n) is 2.62. The lowest BCUT2D eigenvalue weighted by Crippen LogP contribution is -2.42. The second-order valence-corrected chi connectivity index (χ2v) is 6.37. The van der Waals surface area contributed by atoms with Crippen LogP contribution in [0, 0.1) is 0 Å². The van der Waals surface area contributed by atoms with E-state index in [0.29, 0.717) is 41.9 Å². The van der Waals surface area contributed by atoms with Crippen LogP contribution >= 0.6 is 23.2 Å². The molecule has 1 aromatic carbocycles. The molecule has 2 aromatic rings. The van der Waals surface area contributed by atoms with E-state index in [2.05, 4.69) is 5.16 Å². The molecule has 0 spiro atoms. The number of ether oxygens (including phenoxy) is 1. The molecule has 1 atom stereocenters. The number of hydrogen-bond donors (Lipinski definition) is 1. The number of morpholine rings is 1. The first kappa shape index (κ1) is 17.1. The van der Waals surface area contributed by atoms with Crippen molar-refractivity contribution in [3.05, 3.63) is 56.0 Å². The number of benzene rings is 1. The SMILES string of the molecule is O=C(CCc1cc(=O)[nH]o1)N1CCOC(c2ccc(Cl)c(Cl)c2)C1. The quantitative estimate of drug-likeness (QED) is 0.897. The molecular weight excluding hydrogens is 355 g/mol. The third kappa shape index (κ3) is 4.01. The van der Waals surface area contributed by atoms with Gasteiger partial charge in [0.05, 0.1) is 23.2 Å². The highest BCUT2D eigenvalue weighted by atomic mass is 35.5. The molecule has 1 fully saturated rings. The van der Waals surface area contributed by atoms with Crippen molar-refractivity contribution in [3.63, 3.8) is 0 Å². The molecule has 128 valence electrons. The number of amides is 1. The molecule has 0 aliphatic carbocycles. The monoisotopic (exact) mass is 370 g/mol. The average molecular weight is 371 g/mol. The number of nitrogens with zero attached hydrogens (tertiary/aromatic N) is 1. The van der Waals surface area contributed by atoms with Crippen molar-refractivity contribution in [2.24, 2.45) is 0 Å². The summed E-state index contributed by atoms with van der Waals surface area (Å²) in [5, 5.41) is 3.16. The molecule has 0 radical (unpaired) electrons. The summed E-state index contributed by atoms with van der Waals surface area (Å²) in [4.78, 5) is 25.1. The van der Waals surface area contributed by atoms with Gasteiger partial charge >= 0.3 is 0 Å². The summed E-state index contributed by atoms with van der Waals surface area (Å²) < 4.78 is 10.7. The summed E-state index contributed by atoms with van der Waals surface area (Å²) in [6, 6.07) is 6.68. The molecule has 24 heavy (non-hydrogen) atoms. The molecule has 1 N–H and O–H groups in total. The second kappa shape index (κ2) is 7.42. The predicted molar refractivity (Wildman–Crippen MR) is 89.4 cm³/mol. The van der Waals surface area contributed by atoms with Crippen LogP contribution in [0.3, 0.4) is 0 Å².